The van der Waals surface area contributed by atoms with Gasteiger partial charge in [-0.05, 0) is 44.4 Å². The molecule has 1 aromatic rings. The molecule has 1 rings (SSSR count). The van der Waals surface area contributed by atoms with Gasteiger partial charge in [0.1, 0.15) is 0 Å². The lowest BCUT2D eigenvalue weighted by molar-refractivity contribution is -0.130. The van der Waals surface area contributed by atoms with Crippen molar-refractivity contribution in [3.63, 3.8) is 0 Å². The zero-order chi connectivity index (χ0) is 16.5. The quantitative estimate of drug-likeness (QED) is 0.809. The Hall–Kier alpha value is -1.60. The number of anilines is 1. The lowest BCUT2D eigenvalue weighted by Gasteiger charge is -2.20. The van der Waals surface area contributed by atoms with Crippen LogP contribution in [0.4, 0.5) is 5.69 Å². The highest BCUT2D eigenvalue weighted by atomic mass is 32.2. The first-order chi connectivity index (χ1) is 9.49. The van der Waals surface area contributed by atoms with Crippen LogP contribution in [0.5, 0.6) is 0 Å². The third-order valence-corrected chi connectivity index (χ3v) is 5.20. The first kappa shape index (κ1) is 17.5. The number of sulfonamides is 1. The molecule has 0 aliphatic carbocycles. The van der Waals surface area contributed by atoms with Crippen molar-refractivity contribution in [3.8, 4) is 0 Å². The number of nitrogens with two attached hydrogens (primary N) is 1. The average Bonchev–Trinajstić information content (AvgIpc) is 2.33. The second kappa shape index (κ2) is 6.03. The fourth-order valence-corrected chi connectivity index (χ4v) is 4.00. The third-order valence-electron chi connectivity index (χ3n) is 3.37. The van der Waals surface area contributed by atoms with E-state index in [9.17, 15) is 13.2 Å². The van der Waals surface area contributed by atoms with E-state index in [4.69, 9.17) is 5.73 Å². The number of carbonyl (C=O) groups is 1. The molecule has 0 aromatic heterocycles. The summed E-state index contributed by atoms with van der Waals surface area (Å²) in [5.41, 5.74) is 8.32. The van der Waals surface area contributed by atoms with Crippen molar-refractivity contribution < 1.29 is 13.2 Å². The highest BCUT2D eigenvalue weighted by molar-refractivity contribution is 7.89. The second-order valence-corrected chi connectivity index (χ2v) is 7.10. The molecule has 0 spiro atoms. The van der Waals surface area contributed by atoms with Crippen LogP contribution in [0.25, 0.3) is 0 Å². The zero-order valence-electron chi connectivity index (χ0n) is 13.3. The van der Waals surface area contributed by atoms with Gasteiger partial charge in [-0.1, -0.05) is 6.07 Å². The van der Waals surface area contributed by atoms with Crippen molar-refractivity contribution >= 4 is 21.6 Å². The van der Waals surface area contributed by atoms with Crippen molar-refractivity contribution in [1.82, 2.24) is 9.62 Å². The Morgan fingerprint density at radius 1 is 1.24 bits per heavy atom. The van der Waals surface area contributed by atoms with E-state index in [-0.39, 0.29) is 10.8 Å². The number of hydrogen-bond donors (Lipinski definition) is 2. The standard InChI is InChI=1S/C14H23N3O3S/c1-8-7-9(2)13(10(3)12(8)15)21(19,20)16-11(4)14(18)17(5)6/h7,11,16H,15H2,1-6H3. The second-order valence-electron chi connectivity index (χ2n) is 5.45. The molecule has 3 N–H and O–H groups in total. The summed E-state index contributed by atoms with van der Waals surface area (Å²) in [5, 5.41) is 0. The van der Waals surface area contributed by atoms with Crippen LogP contribution in [-0.2, 0) is 14.8 Å². The van der Waals surface area contributed by atoms with Gasteiger partial charge in [0.25, 0.3) is 0 Å². The Balaban J connectivity index is 3.27. The number of carbonyl (C=O) groups excluding carboxylic acids is 1. The minimum absolute atomic E-state index is 0.143. The number of rotatable bonds is 4. The van der Waals surface area contributed by atoms with E-state index in [0.29, 0.717) is 16.8 Å². The van der Waals surface area contributed by atoms with Gasteiger partial charge in [-0.2, -0.15) is 4.72 Å². The number of likely N-dealkylation sites (N-methyl/N-ethyl adjacent to an activating group) is 1. The summed E-state index contributed by atoms with van der Waals surface area (Å²) in [6, 6.07) is 0.890. The molecule has 1 unspecified atom stereocenters. The lowest BCUT2D eigenvalue weighted by Crippen LogP contribution is -2.44. The van der Waals surface area contributed by atoms with Gasteiger partial charge in [-0.15, -0.1) is 0 Å². The van der Waals surface area contributed by atoms with E-state index in [1.165, 1.54) is 11.8 Å². The van der Waals surface area contributed by atoms with Gasteiger partial charge in [-0.3, -0.25) is 4.79 Å². The van der Waals surface area contributed by atoms with Crippen LogP contribution >= 0.6 is 0 Å². The van der Waals surface area contributed by atoms with Gasteiger partial charge in [-0.25, -0.2) is 8.42 Å². The molecule has 6 nitrogen and oxygen atoms in total. The first-order valence-electron chi connectivity index (χ1n) is 6.58. The minimum Gasteiger partial charge on any atom is -0.398 e. The van der Waals surface area contributed by atoms with Crippen molar-refractivity contribution in [2.45, 2.75) is 38.6 Å². The molecule has 0 saturated heterocycles. The molecular weight excluding hydrogens is 290 g/mol. The van der Waals surface area contributed by atoms with E-state index >= 15 is 0 Å². The van der Waals surface area contributed by atoms with Crippen LogP contribution < -0.4 is 10.5 Å². The topological polar surface area (TPSA) is 92.5 Å². The smallest absolute Gasteiger partial charge is 0.241 e. The summed E-state index contributed by atoms with van der Waals surface area (Å²) < 4.78 is 27.5. The lowest BCUT2D eigenvalue weighted by atomic mass is 10.1. The monoisotopic (exact) mass is 313 g/mol. The molecule has 0 fully saturated rings. The molecular formula is C14H23N3O3S. The molecule has 0 saturated carbocycles. The predicted molar refractivity (Wildman–Crippen MR) is 83.5 cm³/mol. The Morgan fingerprint density at radius 3 is 2.24 bits per heavy atom. The first-order valence-corrected chi connectivity index (χ1v) is 8.07. The fraction of sp³-hybridized carbons (Fsp3) is 0.500. The van der Waals surface area contributed by atoms with Crippen molar-refractivity contribution in [1.29, 1.82) is 0 Å². The van der Waals surface area contributed by atoms with Crippen molar-refractivity contribution in [2.24, 2.45) is 0 Å². The van der Waals surface area contributed by atoms with E-state index in [2.05, 4.69) is 4.72 Å². The van der Waals surface area contributed by atoms with Crippen LogP contribution in [0.1, 0.15) is 23.6 Å². The fourth-order valence-electron chi connectivity index (χ4n) is 2.32. The van der Waals surface area contributed by atoms with Crippen LogP contribution in [0.2, 0.25) is 0 Å². The third kappa shape index (κ3) is 3.54. The molecule has 1 aromatic carbocycles. The Morgan fingerprint density at radius 2 is 1.76 bits per heavy atom. The Kier molecular flexibility index (Phi) is 5.01. The number of hydrogen-bond acceptors (Lipinski definition) is 4. The number of amides is 1. The highest BCUT2D eigenvalue weighted by Gasteiger charge is 2.26. The Labute approximate surface area is 126 Å². The maximum absolute atomic E-state index is 12.5. The SMILES string of the molecule is Cc1cc(C)c(S(=O)(=O)NC(C)C(=O)N(C)C)c(C)c1N. The van der Waals surface area contributed by atoms with Gasteiger partial charge >= 0.3 is 0 Å². The van der Waals surface area contributed by atoms with Gasteiger partial charge in [0.15, 0.2) is 0 Å². The number of nitrogen functional groups attached to an aromatic ring is 1. The van der Waals surface area contributed by atoms with E-state index in [0.717, 1.165) is 5.56 Å². The molecule has 0 aliphatic rings. The maximum atomic E-state index is 12.5. The van der Waals surface area contributed by atoms with E-state index in [1.54, 1.807) is 34.0 Å². The number of benzene rings is 1. The van der Waals surface area contributed by atoms with E-state index in [1.807, 2.05) is 6.92 Å². The van der Waals surface area contributed by atoms with Crippen LogP contribution in [0, 0.1) is 20.8 Å². The van der Waals surface area contributed by atoms with Gasteiger partial charge in [0.2, 0.25) is 15.9 Å². The van der Waals surface area contributed by atoms with Gasteiger partial charge in [0.05, 0.1) is 10.9 Å². The summed E-state index contributed by atoms with van der Waals surface area (Å²) in [5.74, 6) is -0.311. The summed E-state index contributed by atoms with van der Waals surface area (Å²) in [4.78, 5) is 13.3. The van der Waals surface area contributed by atoms with Gasteiger partial charge in [0, 0.05) is 19.8 Å². The molecule has 118 valence electrons. The molecule has 21 heavy (non-hydrogen) atoms. The number of aryl methyl sites for hydroxylation is 2. The molecule has 1 amide bonds. The molecule has 7 heteroatoms. The van der Waals surface area contributed by atoms with Crippen molar-refractivity contribution in [3.05, 3.63) is 22.8 Å². The van der Waals surface area contributed by atoms with Crippen LogP contribution in [-0.4, -0.2) is 39.4 Å². The Bertz CT molecular complexity index is 667. The average molecular weight is 313 g/mol. The number of nitrogens with one attached hydrogen (secondary N) is 1. The largest absolute Gasteiger partial charge is 0.398 e. The maximum Gasteiger partial charge on any atom is 0.241 e. The number of nitrogens with zero attached hydrogens (tertiary/aromatic N) is 1. The molecule has 0 radical (unpaired) electrons. The molecule has 0 heterocycles. The van der Waals surface area contributed by atoms with Crippen molar-refractivity contribution in [2.75, 3.05) is 19.8 Å². The van der Waals surface area contributed by atoms with Gasteiger partial charge < -0.3 is 10.6 Å². The normalized spacial score (nSPS) is 13.0. The summed E-state index contributed by atoms with van der Waals surface area (Å²) in [6.45, 7) is 6.73. The summed E-state index contributed by atoms with van der Waals surface area (Å²) in [6.07, 6.45) is 0. The summed E-state index contributed by atoms with van der Waals surface area (Å²) >= 11 is 0. The minimum atomic E-state index is -3.82. The zero-order valence-corrected chi connectivity index (χ0v) is 14.1. The highest BCUT2D eigenvalue weighted by Crippen LogP contribution is 2.28. The molecule has 0 aliphatic heterocycles. The van der Waals surface area contributed by atoms with Crippen LogP contribution in [0.15, 0.2) is 11.0 Å². The predicted octanol–water partition coefficient (Wildman–Crippen LogP) is 0.949. The van der Waals surface area contributed by atoms with E-state index < -0.39 is 16.1 Å². The summed E-state index contributed by atoms with van der Waals surface area (Å²) in [7, 11) is -0.662. The molecule has 1 atom stereocenters. The van der Waals surface area contributed by atoms with Crippen LogP contribution in [0.3, 0.4) is 0 Å². The molecule has 0 bridgehead atoms.